The van der Waals surface area contributed by atoms with Gasteiger partial charge in [0.15, 0.2) is 0 Å². The van der Waals surface area contributed by atoms with E-state index in [4.69, 9.17) is 0 Å². The summed E-state index contributed by atoms with van der Waals surface area (Å²) in [6.07, 6.45) is 9.52. The third kappa shape index (κ3) is 2.20. The molecule has 116 valence electrons. The monoisotopic (exact) mass is 317 g/mol. The molecule has 0 radical (unpaired) electrons. The molecule has 0 heterocycles. The molecule has 0 aromatic heterocycles. The molecule has 4 aromatic carbocycles. The van der Waals surface area contributed by atoms with Gasteiger partial charge in [-0.2, -0.15) is 0 Å². The molecular formula is C25H17+. The van der Waals surface area contributed by atoms with Gasteiger partial charge in [-0.05, 0) is 35.6 Å². The first-order valence-electron chi connectivity index (χ1n) is 8.62. The lowest BCUT2D eigenvalue weighted by molar-refractivity contribution is 1.47. The summed E-state index contributed by atoms with van der Waals surface area (Å²) in [5, 5.41) is 5.22. The van der Waals surface area contributed by atoms with Crippen LogP contribution in [0.15, 0.2) is 72.8 Å². The highest BCUT2D eigenvalue weighted by Gasteiger charge is 2.19. The van der Waals surface area contributed by atoms with Gasteiger partial charge in [-0.3, -0.25) is 0 Å². The second-order valence-electron chi connectivity index (χ2n) is 6.65. The van der Waals surface area contributed by atoms with E-state index in [1.54, 1.807) is 0 Å². The minimum Gasteiger partial charge on any atom is -0.0615 e. The van der Waals surface area contributed by atoms with E-state index in [0.29, 0.717) is 0 Å². The molecule has 0 spiro atoms. The van der Waals surface area contributed by atoms with E-state index < -0.39 is 0 Å². The standard InChI is InChI=1S/C25H17/c1-17-7-6-8-18(15-17)19-13-14-24-22-11-3-2-9-20(22)21-10-4-5-12-23(21)25(24)16-19/h3-16H,1H3/q+1. The molecule has 0 N–H and O–H groups in total. The second-order valence-corrected chi connectivity index (χ2v) is 6.65. The van der Waals surface area contributed by atoms with Crippen LogP contribution in [0.5, 0.6) is 0 Å². The number of hydrogen-bond donors (Lipinski definition) is 0. The Bertz CT molecular complexity index is 1190. The molecule has 0 aliphatic heterocycles. The molecule has 0 atom stereocenters. The van der Waals surface area contributed by atoms with Crippen molar-refractivity contribution in [2.24, 2.45) is 0 Å². The fourth-order valence-corrected chi connectivity index (χ4v) is 3.85. The van der Waals surface area contributed by atoms with Crippen LogP contribution in [0.2, 0.25) is 0 Å². The molecule has 0 fully saturated rings. The number of fused-ring (bicyclic) bond motifs is 6. The van der Waals surface area contributed by atoms with E-state index in [2.05, 4.69) is 91.9 Å². The van der Waals surface area contributed by atoms with E-state index in [-0.39, 0.29) is 0 Å². The van der Waals surface area contributed by atoms with Crippen molar-refractivity contribution in [2.45, 2.75) is 6.92 Å². The molecule has 0 saturated carbocycles. The summed E-state index contributed by atoms with van der Waals surface area (Å²) in [7, 11) is 0. The largest absolute Gasteiger partial charge is 0.111 e. The molecular weight excluding hydrogens is 300 g/mol. The normalized spacial score (nSPS) is 12.4. The number of hydrogen-bond acceptors (Lipinski definition) is 0. The van der Waals surface area contributed by atoms with Gasteiger partial charge in [-0.1, -0.05) is 60.2 Å². The number of allylic oxidation sites excluding steroid dienone is 2. The Labute approximate surface area is 147 Å². The van der Waals surface area contributed by atoms with Crippen LogP contribution >= 0.6 is 0 Å². The van der Waals surface area contributed by atoms with Crippen molar-refractivity contribution in [1.29, 1.82) is 0 Å². The van der Waals surface area contributed by atoms with Gasteiger partial charge in [-0.25, -0.2) is 0 Å². The topological polar surface area (TPSA) is 0 Å². The Morgan fingerprint density at radius 2 is 1.44 bits per heavy atom. The first-order valence-corrected chi connectivity index (χ1v) is 8.62. The summed E-state index contributed by atoms with van der Waals surface area (Å²) in [6.45, 7) is 2.14. The van der Waals surface area contributed by atoms with Gasteiger partial charge in [0.1, 0.15) is 23.3 Å². The Morgan fingerprint density at radius 3 is 2.32 bits per heavy atom. The van der Waals surface area contributed by atoms with E-state index in [1.165, 1.54) is 49.4 Å². The fraction of sp³-hybridized carbons (Fsp3) is 0.0400. The van der Waals surface area contributed by atoms with Crippen molar-refractivity contribution in [3.63, 3.8) is 0 Å². The van der Waals surface area contributed by atoms with Crippen LogP contribution in [0.3, 0.4) is 0 Å². The van der Waals surface area contributed by atoms with Crippen molar-refractivity contribution in [3.05, 3.63) is 95.6 Å². The van der Waals surface area contributed by atoms with E-state index in [1.807, 2.05) is 6.08 Å². The van der Waals surface area contributed by atoms with Crippen molar-refractivity contribution < 1.29 is 0 Å². The molecule has 0 saturated heterocycles. The maximum Gasteiger partial charge on any atom is 0.111 e. The molecule has 1 aliphatic carbocycles. The van der Waals surface area contributed by atoms with Gasteiger partial charge in [0.25, 0.3) is 0 Å². The second kappa shape index (κ2) is 5.41. The van der Waals surface area contributed by atoms with Gasteiger partial charge < -0.3 is 0 Å². The van der Waals surface area contributed by atoms with Crippen LogP contribution in [0.1, 0.15) is 16.7 Å². The molecule has 25 heavy (non-hydrogen) atoms. The predicted molar refractivity (Wildman–Crippen MR) is 108 cm³/mol. The molecule has 0 heteroatoms. The van der Waals surface area contributed by atoms with Crippen LogP contribution in [-0.4, -0.2) is 0 Å². The first-order chi connectivity index (χ1) is 12.3. The molecule has 0 unspecified atom stereocenters. The molecule has 1 aliphatic rings. The van der Waals surface area contributed by atoms with Gasteiger partial charge in [0.2, 0.25) is 0 Å². The summed E-state index contributed by atoms with van der Waals surface area (Å²) in [4.78, 5) is 0. The summed E-state index contributed by atoms with van der Waals surface area (Å²) in [5.41, 5.74) is 6.39. The van der Waals surface area contributed by atoms with Crippen molar-refractivity contribution in [1.82, 2.24) is 0 Å². The molecule has 5 rings (SSSR count). The van der Waals surface area contributed by atoms with Gasteiger partial charge in [0, 0.05) is 22.2 Å². The lowest BCUT2D eigenvalue weighted by atomic mass is 9.88. The van der Waals surface area contributed by atoms with E-state index >= 15 is 0 Å². The van der Waals surface area contributed by atoms with Gasteiger partial charge in [0.05, 0.1) is 6.08 Å². The van der Waals surface area contributed by atoms with Crippen LogP contribution in [0.4, 0.5) is 0 Å². The molecule has 0 bridgehead atoms. The zero-order chi connectivity index (χ0) is 16.8. The average Bonchev–Trinajstić information content (AvgIpc) is 2.68. The van der Waals surface area contributed by atoms with E-state index in [9.17, 15) is 0 Å². The van der Waals surface area contributed by atoms with Crippen LogP contribution in [0, 0.1) is 13.0 Å². The summed E-state index contributed by atoms with van der Waals surface area (Å²) < 4.78 is 0. The lowest BCUT2D eigenvalue weighted by Gasteiger charge is -2.11. The maximum atomic E-state index is 3.24. The number of benzene rings is 4. The number of rotatable bonds is 1. The first kappa shape index (κ1) is 14.2. The van der Waals surface area contributed by atoms with Crippen LogP contribution in [-0.2, 0) is 0 Å². The molecule has 0 nitrogen and oxygen atoms in total. The fourth-order valence-electron chi connectivity index (χ4n) is 3.85. The molecule has 0 amide bonds. The van der Waals surface area contributed by atoms with Crippen LogP contribution < -0.4 is 0 Å². The van der Waals surface area contributed by atoms with Crippen molar-refractivity contribution in [2.75, 3.05) is 0 Å². The van der Waals surface area contributed by atoms with Gasteiger partial charge in [-0.15, -0.1) is 0 Å². The van der Waals surface area contributed by atoms with Crippen molar-refractivity contribution in [3.8, 4) is 11.1 Å². The van der Waals surface area contributed by atoms with Crippen LogP contribution in [0.25, 0.3) is 44.8 Å². The predicted octanol–water partition coefficient (Wildman–Crippen LogP) is 6.81. The quantitative estimate of drug-likeness (QED) is 0.267. The minimum absolute atomic E-state index is 1.27. The number of aryl methyl sites for hydroxylation is 1. The summed E-state index contributed by atoms with van der Waals surface area (Å²) >= 11 is 0. The Hall–Kier alpha value is -3.21. The summed E-state index contributed by atoms with van der Waals surface area (Å²) in [5.74, 6) is 0. The Kier molecular flexibility index (Phi) is 3.06. The zero-order valence-electron chi connectivity index (χ0n) is 14.1. The Morgan fingerprint density at radius 1 is 0.640 bits per heavy atom. The van der Waals surface area contributed by atoms with Gasteiger partial charge >= 0.3 is 0 Å². The molecule has 4 aromatic rings. The highest BCUT2D eigenvalue weighted by molar-refractivity contribution is 6.16. The third-order valence-electron chi connectivity index (χ3n) is 5.03. The Balaban J connectivity index is 1.89. The minimum atomic E-state index is 1.27. The highest BCUT2D eigenvalue weighted by atomic mass is 14.2. The van der Waals surface area contributed by atoms with Crippen molar-refractivity contribution >= 4 is 33.7 Å². The smallest absolute Gasteiger partial charge is 0.0615 e. The maximum absolute atomic E-state index is 3.24. The third-order valence-corrected chi connectivity index (χ3v) is 5.03. The average molecular weight is 317 g/mol. The van der Waals surface area contributed by atoms with E-state index in [0.717, 1.165) is 0 Å². The highest BCUT2D eigenvalue weighted by Crippen LogP contribution is 2.37. The zero-order valence-corrected chi connectivity index (χ0v) is 14.1. The lowest BCUT2D eigenvalue weighted by Crippen LogP contribution is -1.92. The SMILES string of the molecule is Cc1cccc(-c2ccc3c4c(c5ccccc5c3c2)C=[C+]C=C4)c1. The summed E-state index contributed by atoms with van der Waals surface area (Å²) in [6, 6.07) is 24.2.